The molecule has 0 spiro atoms. The lowest BCUT2D eigenvalue weighted by atomic mass is 10.2. The zero-order chi connectivity index (χ0) is 13.4. The average molecular weight is 271 g/mol. The van der Waals surface area contributed by atoms with Crippen molar-refractivity contribution < 1.29 is 0 Å². The van der Waals surface area contributed by atoms with Crippen LogP contribution < -0.4 is 11.2 Å². The van der Waals surface area contributed by atoms with Crippen LogP contribution in [-0.4, -0.2) is 9.13 Å². The lowest BCUT2D eigenvalue weighted by molar-refractivity contribution is 0.632. The first-order valence-corrected chi connectivity index (χ1v) is 6.82. The molecule has 0 aliphatic carbocycles. The number of hydrogen-bond acceptors (Lipinski definition) is 3. The van der Waals surface area contributed by atoms with Crippen molar-refractivity contribution in [2.75, 3.05) is 0 Å². The predicted molar refractivity (Wildman–Crippen MR) is 76.5 cm³/mol. The van der Waals surface area contributed by atoms with Crippen LogP contribution in [0.3, 0.4) is 0 Å². The Morgan fingerprint density at radius 3 is 2.74 bits per heavy atom. The van der Waals surface area contributed by atoms with Gasteiger partial charge in [0.25, 0.3) is 5.56 Å². The second kappa shape index (κ2) is 4.51. The third kappa shape index (κ3) is 1.92. The van der Waals surface area contributed by atoms with Crippen molar-refractivity contribution in [3.05, 3.63) is 62.6 Å². The summed E-state index contributed by atoms with van der Waals surface area (Å²) in [6.45, 7) is 0.452. The van der Waals surface area contributed by atoms with Gasteiger partial charge in [0.15, 0.2) is 0 Å². The fourth-order valence-electron chi connectivity index (χ4n) is 2.19. The number of aromatic nitrogens is 2. The topological polar surface area (TPSA) is 50.8 Å². The Kier molecular flexibility index (Phi) is 2.83. The summed E-state index contributed by atoms with van der Waals surface area (Å²) < 4.78 is 3.25. The molecule has 0 aliphatic heterocycles. The minimum Gasteiger partial charge on any atom is -0.315 e. The fourth-order valence-corrected chi connectivity index (χ4v) is 2.88. The molecule has 2 heterocycles. The molecule has 0 unspecified atom stereocenters. The number of thiophene rings is 1. The highest BCUT2D eigenvalue weighted by molar-refractivity contribution is 7.09. The van der Waals surface area contributed by atoms with Crippen LogP contribution in [-0.2, 0) is 13.6 Å². The third-order valence-electron chi connectivity index (χ3n) is 3.21. The summed E-state index contributed by atoms with van der Waals surface area (Å²) in [5, 5.41) is 10.8. The molecule has 1 aromatic carbocycles. The lowest BCUT2D eigenvalue weighted by Crippen LogP contribution is -2.39. The van der Waals surface area contributed by atoms with E-state index in [1.807, 2.05) is 48.8 Å². The lowest BCUT2D eigenvalue weighted by Gasteiger charge is -2.11. The van der Waals surface area contributed by atoms with Crippen LogP contribution >= 0.6 is 11.3 Å². The molecular weight excluding hydrogens is 258 g/mol. The van der Waals surface area contributed by atoms with Crippen LogP contribution in [0.5, 0.6) is 0 Å². The maximum Gasteiger partial charge on any atom is 0.263 e. The summed E-state index contributed by atoms with van der Waals surface area (Å²) in [4.78, 5) is 13.5. The van der Waals surface area contributed by atoms with Gasteiger partial charge in [-0.05, 0) is 23.6 Å². The first kappa shape index (κ1) is 11.9. The van der Waals surface area contributed by atoms with Crippen LogP contribution in [0.4, 0.5) is 0 Å². The summed E-state index contributed by atoms with van der Waals surface area (Å²) in [5.74, 6) is 0. The smallest absolute Gasteiger partial charge is 0.263 e. The van der Waals surface area contributed by atoms with Crippen molar-refractivity contribution >= 4 is 22.2 Å². The zero-order valence-electron chi connectivity index (χ0n) is 10.5. The number of fused-ring (bicyclic) bond motifs is 1. The van der Waals surface area contributed by atoms with E-state index in [0.717, 1.165) is 10.4 Å². The molecule has 0 fully saturated rings. The van der Waals surface area contributed by atoms with E-state index in [1.165, 1.54) is 4.57 Å². The van der Waals surface area contributed by atoms with Gasteiger partial charge in [0.2, 0.25) is 5.62 Å². The van der Waals surface area contributed by atoms with Crippen molar-refractivity contribution in [1.82, 2.24) is 9.13 Å². The van der Waals surface area contributed by atoms with Gasteiger partial charge in [0.1, 0.15) is 0 Å². The van der Waals surface area contributed by atoms with Gasteiger partial charge in [-0.3, -0.25) is 14.8 Å². The van der Waals surface area contributed by atoms with E-state index in [-0.39, 0.29) is 11.2 Å². The normalized spacial score (nSPS) is 11.0. The molecule has 19 heavy (non-hydrogen) atoms. The summed E-state index contributed by atoms with van der Waals surface area (Å²) in [5.41, 5.74) is 0.907. The van der Waals surface area contributed by atoms with E-state index in [0.29, 0.717) is 11.9 Å². The number of benzene rings is 1. The zero-order valence-corrected chi connectivity index (χ0v) is 11.3. The monoisotopic (exact) mass is 271 g/mol. The highest BCUT2D eigenvalue weighted by atomic mass is 32.1. The fraction of sp³-hybridized carbons (Fsp3) is 0.143. The van der Waals surface area contributed by atoms with Crippen molar-refractivity contribution in [3.8, 4) is 0 Å². The molecular formula is C14H13N3OS. The van der Waals surface area contributed by atoms with Crippen molar-refractivity contribution in [2.45, 2.75) is 6.54 Å². The maximum absolute atomic E-state index is 12.5. The van der Waals surface area contributed by atoms with Gasteiger partial charge in [-0.1, -0.05) is 18.2 Å². The van der Waals surface area contributed by atoms with Crippen molar-refractivity contribution in [1.29, 1.82) is 5.41 Å². The minimum atomic E-state index is -0.105. The van der Waals surface area contributed by atoms with E-state index in [1.54, 1.807) is 15.9 Å². The summed E-state index contributed by atoms with van der Waals surface area (Å²) in [7, 11) is 1.81. The van der Waals surface area contributed by atoms with Gasteiger partial charge in [-0.15, -0.1) is 11.3 Å². The Bertz CT molecular complexity index is 843. The SMILES string of the molecule is Cn1c(=N)n(Cc2cccs2)c(=O)c2ccccc21. The molecule has 96 valence electrons. The van der Waals surface area contributed by atoms with Crippen molar-refractivity contribution in [2.24, 2.45) is 7.05 Å². The number of nitrogens with zero attached hydrogens (tertiary/aromatic N) is 2. The van der Waals surface area contributed by atoms with Gasteiger partial charge >= 0.3 is 0 Å². The molecule has 2 aromatic heterocycles. The largest absolute Gasteiger partial charge is 0.315 e. The Morgan fingerprint density at radius 1 is 1.21 bits per heavy atom. The molecule has 0 aliphatic rings. The van der Waals surface area contributed by atoms with Crippen LogP contribution in [0.2, 0.25) is 0 Å². The van der Waals surface area contributed by atoms with Gasteiger partial charge < -0.3 is 4.57 Å². The Labute approximate surface area is 113 Å². The molecule has 0 saturated heterocycles. The molecule has 0 radical (unpaired) electrons. The number of hydrogen-bond donors (Lipinski definition) is 1. The van der Waals surface area contributed by atoms with Crippen LogP contribution in [0, 0.1) is 5.41 Å². The van der Waals surface area contributed by atoms with E-state index in [2.05, 4.69) is 0 Å². The molecule has 4 nitrogen and oxygen atoms in total. The first-order chi connectivity index (χ1) is 9.18. The Balaban J connectivity index is 2.31. The number of aryl methyl sites for hydroxylation is 1. The number of rotatable bonds is 2. The number of nitrogens with one attached hydrogen (secondary N) is 1. The van der Waals surface area contributed by atoms with Gasteiger partial charge in [-0.25, -0.2) is 0 Å². The third-order valence-corrected chi connectivity index (χ3v) is 4.07. The molecule has 0 atom stereocenters. The average Bonchev–Trinajstić information content (AvgIpc) is 2.94. The summed E-state index contributed by atoms with van der Waals surface area (Å²) in [6.07, 6.45) is 0. The molecule has 5 heteroatoms. The Hall–Kier alpha value is -2.14. The van der Waals surface area contributed by atoms with Crippen LogP contribution in [0.15, 0.2) is 46.6 Å². The molecule has 0 amide bonds. The minimum absolute atomic E-state index is 0.105. The predicted octanol–water partition coefficient (Wildman–Crippen LogP) is 1.93. The quantitative estimate of drug-likeness (QED) is 0.760. The van der Waals surface area contributed by atoms with Crippen LogP contribution in [0.1, 0.15) is 4.88 Å². The molecule has 0 bridgehead atoms. The van der Waals surface area contributed by atoms with Crippen LogP contribution in [0.25, 0.3) is 10.9 Å². The molecule has 3 aromatic rings. The second-order valence-corrected chi connectivity index (χ2v) is 5.40. The first-order valence-electron chi connectivity index (χ1n) is 5.94. The summed E-state index contributed by atoms with van der Waals surface area (Å²) >= 11 is 1.59. The standard InChI is InChI=1S/C14H13N3OS/c1-16-12-7-3-2-6-11(12)13(18)17(14(16)15)9-10-5-4-8-19-10/h2-8,15H,9H2,1H3. The van der Waals surface area contributed by atoms with E-state index >= 15 is 0 Å². The maximum atomic E-state index is 12.5. The summed E-state index contributed by atoms with van der Waals surface area (Å²) in [6, 6.07) is 11.3. The van der Waals surface area contributed by atoms with Crippen molar-refractivity contribution in [3.63, 3.8) is 0 Å². The highest BCUT2D eigenvalue weighted by Gasteiger charge is 2.08. The van der Waals surface area contributed by atoms with Gasteiger partial charge in [-0.2, -0.15) is 0 Å². The van der Waals surface area contributed by atoms with Gasteiger partial charge in [0.05, 0.1) is 17.4 Å². The van der Waals surface area contributed by atoms with E-state index in [4.69, 9.17) is 5.41 Å². The van der Waals surface area contributed by atoms with E-state index in [9.17, 15) is 4.79 Å². The van der Waals surface area contributed by atoms with Gasteiger partial charge in [0, 0.05) is 11.9 Å². The highest BCUT2D eigenvalue weighted by Crippen LogP contribution is 2.10. The molecule has 3 rings (SSSR count). The second-order valence-electron chi connectivity index (χ2n) is 4.37. The molecule has 0 saturated carbocycles. The van der Waals surface area contributed by atoms with E-state index < -0.39 is 0 Å². The molecule has 1 N–H and O–H groups in total. The Morgan fingerprint density at radius 2 is 2.00 bits per heavy atom. The number of para-hydroxylation sites is 1.